The van der Waals surface area contributed by atoms with E-state index in [1.54, 1.807) is 0 Å². The number of nitrogens with one attached hydrogen (secondary N) is 1. The van der Waals surface area contributed by atoms with Gasteiger partial charge in [0.05, 0.1) is 6.10 Å². The first-order valence-corrected chi connectivity index (χ1v) is 13.5. The fourth-order valence-electron chi connectivity index (χ4n) is 5.46. The van der Waals surface area contributed by atoms with Gasteiger partial charge in [-0.2, -0.15) is 0 Å². The maximum Gasteiger partial charge on any atom is 0.330 e. The molecule has 0 radical (unpaired) electrons. The number of H-pyrrole nitrogens is 1. The zero-order valence-electron chi connectivity index (χ0n) is 19.8. The van der Waals surface area contributed by atoms with Gasteiger partial charge in [0.15, 0.2) is 6.23 Å². The van der Waals surface area contributed by atoms with Crippen LogP contribution < -0.4 is 21.6 Å². The van der Waals surface area contributed by atoms with E-state index in [0.29, 0.717) is 0 Å². The smallest absolute Gasteiger partial charge is 0.330 e. The lowest BCUT2D eigenvalue weighted by molar-refractivity contribution is -0.0731. The van der Waals surface area contributed by atoms with Crippen molar-refractivity contribution < 1.29 is 14.3 Å². The standard InChI is InChI=1S/C27H28N2O5Si/c1-5-27-21(31)24(29-17-16-20(30)28-25(29)32)33-22(27)23(27)34-35(26(2,3)4,18-12-8-6-9-13-18)19-14-10-7-11-15-19/h1,6-17,21-24,31H,2-4H3,(H,28,30,32)/t21-,22+,23?,24+,27+/m0/s1. The molecular formula is C27H28N2O5Si. The van der Waals surface area contributed by atoms with Gasteiger partial charge in [-0.05, 0) is 15.4 Å². The summed E-state index contributed by atoms with van der Waals surface area (Å²) in [5, 5.41) is 13.2. The molecule has 1 unspecified atom stereocenters. The van der Waals surface area contributed by atoms with Gasteiger partial charge in [-0.25, -0.2) is 4.79 Å². The number of aromatic nitrogens is 2. The van der Waals surface area contributed by atoms with Gasteiger partial charge in [0.2, 0.25) is 0 Å². The number of hydrogen-bond acceptors (Lipinski definition) is 5. The Morgan fingerprint density at radius 1 is 1.06 bits per heavy atom. The normalized spacial score (nSPS) is 27.7. The highest BCUT2D eigenvalue weighted by Crippen LogP contribution is 2.63. The summed E-state index contributed by atoms with van der Waals surface area (Å²) in [6, 6.07) is 21.5. The number of terminal acetylenes is 1. The Bertz CT molecular complexity index is 1350. The number of ether oxygens (including phenoxy) is 1. The lowest BCUT2D eigenvalue weighted by Crippen LogP contribution is -2.67. The SMILES string of the molecule is C#C[C@]12C(O[Si](c3ccccc3)(c3ccccc3)C(C)(C)C)[C@H]1O[C@@H](n1ccc(=O)[nH]c1=O)[C@@H]2O. The Morgan fingerprint density at radius 3 is 2.09 bits per heavy atom. The number of benzene rings is 2. The summed E-state index contributed by atoms with van der Waals surface area (Å²) in [6.07, 6.45) is 3.96. The molecule has 35 heavy (non-hydrogen) atoms. The van der Waals surface area contributed by atoms with Gasteiger partial charge in [0, 0.05) is 12.3 Å². The number of aromatic amines is 1. The van der Waals surface area contributed by atoms with Gasteiger partial charge in [0.25, 0.3) is 13.9 Å². The zero-order valence-corrected chi connectivity index (χ0v) is 20.8. The minimum Gasteiger partial charge on any atom is -0.400 e. The van der Waals surface area contributed by atoms with Crippen LogP contribution in [0.2, 0.25) is 5.04 Å². The Labute approximate surface area is 204 Å². The molecule has 3 aromatic rings. The van der Waals surface area contributed by atoms with E-state index in [-0.39, 0.29) is 5.04 Å². The topological polar surface area (TPSA) is 93.5 Å². The first kappa shape index (κ1) is 23.5. The lowest BCUT2D eigenvalue weighted by atomic mass is 9.99. The molecule has 1 aromatic heterocycles. The van der Waals surface area contributed by atoms with Gasteiger partial charge >= 0.3 is 5.69 Å². The molecule has 1 saturated heterocycles. The van der Waals surface area contributed by atoms with E-state index in [1.807, 2.05) is 36.4 Å². The van der Waals surface area contributed by atoms with E-state index in [2.05, 4.69) is 55.9 Å². The van der Waals surface area contributed by atoms with E-state index < -0.39 is 49.5 Å². The molecule has 0 amide bonds. The monoisotopic (exact) mass is 488 g/mol. The Kier molecular flexibility index (Phi) is 5.49. The van der Waals surface area contributed by atoms with Gasteiger partial charge in [-0.15, -0.1) is 6.42 Å². The number of rotatable bonds is 5. The molecule has 7 nitrogen and oxygen atoms in total. The molecule has 180 valence electrons. The second kappa shape index (κ2) is 8.17. The fourth-order valence-corrected chi connectivity index (χ4v) is 10.2. The van der Waals surface area contributed by atoms with Crippen LogP contribution >= 0.6 is 0 Å². The van der Waals surface area contributed by atoms with Crippen molar-refractivity contribution in [1.82, 2.24) is 9.55 Å². The Morgan fingerprint density at radius 2 is 1.63 bits per heavy atom. The maximum atomic E-state index is 12.3. The first-order chi connectivity index (χ1) is 16.7. The highest BCUT2D eigenvalue weighted by Gasteiger charge is 2.79. The summed E-state index contributed by atoms with van der Waals surface area (Å²) >= 11 is 0. The van der Waals surface area contributed by atoms with Crippen LogP contribution in [0.1, 0.15) is 27.0 Å². The summed E-state index contributed by atoms with van der Waals surface area (Å²) < 4.78 is 14.4. The van der Waals surface area contributed by atoms with Crippen LogP contribution in [0, 0.1) is 17.8 Å². The fraction of sp³-hybridized carbons (Fsp3) is 0.333. The molecule has 5 rings (SSSR count). The highest BCUT2D eigenvalue weighted by molar-refractivity contribution is 6.99. The molecule has 1 aliphatic heterocycles. The molecule has 8 heteroatoms. The van der Waals surface area contributed by atoms with Gasteiger partial charge < -0.3 is 14.3 Å². The van der Waals surface area contributed by atoms with E-state index in [9.17, 15) is 14.7 Å². The average molecular weight is 489 g/mol. The maximum absolute atomic E-state index is 12.3. The number of fused-ring (bicyclic) bond motifs is 1. The third-order valence-electron chi connectivity index (χ3n) is 7.25. The molecule has 2 heterocycles. The van der Waals surface area contributed by atoms with Crippen LogP contribution in [0.25, 0.3) is 0 Å². The summed E-state index contributed by atoms with van der Waals surface area (Å²) in [6.45, 7) is 6.50. The third kappa shape index (κ3) is 3.38. The van der Waals surface area contributed by atoms with Crippen molar-refractivity contribution in [2.45, 2.75) is 50.3 Å². The van der Waals surface area contributed by atoms with Gasteiger partial charge in [-0.1, -0.05) is 87.4 Å². The number of nitrogens with zero attached hydrogens (tertiary/aromatic N) is 1. The van der Waals surface area contributed by atoms with E-state index >= 15 is 0 Å². The van der Waals surface area contributed by atoms with Crippen LogP contribution in [-0.2, 0) is 9.16 Å². The van der Waals surface area contributed by atoms with Crippen molar-refractivity contribution >= 4 is 18.7 Å². The second-order valence-corrected chi connectivity index (χ2v) is 14.4. The molecular weight excluding hydrogens is 460 g/mol. The van der Waals surface area contributed by atoms with Crippen LogP contribution in [0.5, 0.6) is 0 Å². The van der Waals surface area contributed by atoms with Crippen molar-refractivity contribution in [2.24, 2.45) is 5.41 Å². The molecule has 0 bridgehead atoms. The Balaban J connectivity index is 1.57. The number of aliphatic hydroxyl groups is 1. The predicted molar refractivity (Wildman–Crippen MR) is 135 cm³/mol. The van der Waals surface area contributed by atoms with E-state index in [1.165, 1.54) is 12.3 Å². The molecule has 0 spiro atoms. The molecule has 2 aromatic carbocycles. The third-order valence-corrected chi connectivity index (χ3v) is 12.3. The number of aliphatic hydroxyl groups excluding tert-OH is 1. The highest BCUT2D eigenvalue weighted by atomic mass is 28.4. The summed E-state index contributed by atoms with van der Waals surface area (Å²) in [5.41, 5.74) is -2.30. The van der Waals surface area contributed by atoms with Crippen LogP contribution in [-0.4, -0.2) is 41.3 Å². The average Bonchev–Trinajstić information content (AvgIpc) is 3.35. The van der Waals surface area contributed by atoms with Crippen molar-refractivity contribution in [3.8, 4) is 12.3 Å². The lowest BCUT2D eigenvalue weighted by Gasteiger charge is -2.44. The molecule has 1 saturated carbocycles. The van der Waals surface area contributed by atoms with Crippen LogP contribution in [0.4, 0.5) is 0 Å². The predicted octanol–water partition coefficient (Wildman–Crippen LogP) is 1.37. The van der Waals surface area contributed by atoms with Gasteiger partial charge in [0.1, 0.15) is 17.6 Å². The quantitative estimate of drug-likeness (QED) is 0.418. The van der Waals surface area contributed by atoms with Crippen molar-refractivity contribution in [3.05, 3.63) is 93.8 Å². The number of hydrogen-bond donors (Lipinski definition) is 2. The van der Waals surface area contributed by atoms with E-state index in [4.69, 9.17) is 15.6 Å². The summed E-state index contributed by atoms with van der Waals surface area (Å²) in [4.78, 5) is 26.0. The molecule has 2 fully saturated rings. The molecule has 2 aliphatic rings. The van der Waals surface area contributed by atoms with Crippen molar-refractivity contribution in [3.63, 3.8) is 0 Å². The molecule has 1 aliphatic carbocycles. The summed E-state index contributed by atoms with van der Waals surface area (Å²) in [7, 11) is -2.93. The van der Waals surface area contributed by atoms with Crippen LogP contribution in [0.3, 0.4) is 0 Å². The molecule has 5 atom stereocenters. The summed E-state index contributed by atoms with van der Waals surface area (Å²) in [5.74, 6) is 2.76. The van der Waals surface area contributed by atoms with Crippen molar-refractivity contribution in [2.75, 3.05) is 0 Å². The largest absolute Gasteiger partial charge is 0.400 e. The second-order valence-electron chi connectivity index (χ2n) is 10.2. The zero-order chi connectivity index (χ0) is 25.0. The van der Waals surface area contributed by atoms with Crippen molar-refractivity contribution in [1.29, 1.82) is 0 Å². The Hall–Kier alpha value is -3.22. The van der Waals surface area contributed by atoms with Gasteiger partial charge in [-0.3, -0.25) is 14.3 Å². The van der Waals surface area contributed by atoms with E-state index in [0.717, 1.165) is 14.9 Å². The molecule has 2 N–H and O–H groups in total. The van der Waals surface area contributed by atoms with Crippen LogP contribution in [0.15, 0.2) is 82.5 Å². The minimum absolute atomic E-state index is 0.275. The minimum atomic E-state index is -2.93. The first-order valence-electron chi connectivity index (χ1n) is 11.6.